The Kier molecular flexibility index (Phi) is 5.02. The Morgan fingerprint density at radius 3 is 2.60 bits per heavy atom. The minimum atomic E-state index is -0.0864. The molecule has 2 aromatic carbocycles. The molecule has 0 aliphatic heterocycles. The van der Waals surface area contributed by atoms with Gasteiger partial charge in [-0.1, -0.05) is 35.9 Å². The number of rotatable bonds is 5. The summed E-state index contributed by atoms with van der Waals surface area (Å²) in [4.78, 5) is 13.3. The van der Waals surface area contributed by atoms with Crippen LogP contribution in [0.25, 0.3) is 0 Å². The van der Waals surface area contributed by atoms with E-state index in [1.54, 1.807) is 11.8 Å². The quantitative estimate of drug-likeness (QED) is 0.645. The van der Waals surface area contributed by atoms with Crippen LogP contribution in [-0.2, 0) is 0 Å². The number of aryl methyl sites for hydroxylation is 1. The van der Waals surface area contributed by atoms with Gasteiger partial charge in [0.2, 0.25) is 0 Å². The molecule has 0 saturated carbocycles. The fraction of sp³-hybridized carbons (Fsp3) is 0.118. The molecule has 0 spiro atoms. The minimum absolute atomic E-state index is 0.0864. The van der Waals surface area contributed by atoms with Crippen molar-refractivity contribution in [3.05, 3.63) is 72.3 Å². The van der Waals surface area contributed by atoms with Gasteiger partial charge >= 0.3 is 0 Å². The van der Waals surface area contributed by atoms with Crippen molar-refractivity contribution in [2.24, 2.45) is 0 Å². The molecule has 20 heavy (non-hydrogen) atoms. The number of carbonyl (C=O) groups excluding carboxylic acids is 1. The summed E-state index contributed by atoms with van der Waals surface area (Å²) in [5.41, 5.74) is 2.65. The second-order valence-electron chi connectivity index (χ2n) is 4.42. The molecule has 2 aromatic rings. The molecule has 3 heteroatoms. The molecule has 0 heterocycles. The summed E-state index contributed by atoms with van der Waals surface area (Å²) in [5, 5.41) is 2.96. The van der Waals surface area contributed by atoms with Crippen molar-refractivity contribution in [3.8, 4) is 0 Å². The zero-order valence-corrected chi connectivity index (χ0v) is 12.2. The molecule has 1 amide bonds. The SMILES string of the molecule is C=CCSc1ccccc1NC(=O)c1ccc(C)cc1. The first-order chi connectivity index (χ1) is 9.70. The average Bonchev–Trinajstić information content (AvgIpc) is 2.47. The van der Waals surface area contributed by atoms with E-state index in [1.807, 2.05) is 61.5 Å². The number of thioether (sulfide) groups is 1. The summed E-state index contributed by atoms with van der Waals surface area (Å²) < 4.78 is 0. The maximum absolute atomic E-state index is 12.2. The molecule has 0 unspecified atom stereocenters. The summed E-state index contributed by atoms with van der Waals surface area (Å²) in [5.74, 6) is 0.730. The molecule has 1 N–H and O–H groups in total. The van der Waals surface area contributed by atoms with Crippen molar-refractivity contribution in [2.45, 2.75) is 11.8 Å². The number of carbonyl (C=O) groups is 1. The number of para-hydroxylation sites is 1. The van der Waals surface area contributed by atoms with Gasteiger partial charge in [0, 0.05) is 16.2 Å². The van der Waals surface area contributed by atoms with Gasteiger partial charge in [-0.25, -0.2) is 0 Å². The second-order valence-corrected chi connectivity index (χ2v) is 5.48. The molecule has 2 rings (SSSR count). The zero-order chi connectivity index (χ0) is 14.4. The fourth-order valence-corrected chi connectivity index (χ4v) is 2.49. The van der Waals surface area contributed by atoms with Crippen LogP contribution in [0.3, 0.4) is 0 Å². The lowest BCUT2D eigenvalue weighted by Crippen LogP contribution is -2.12. The third-order valence-electron chi connectivity index (χ3n) is 2.81. The predicted octanol–water partition coefficient (Wildman–Crippen LogP) is 4.53. The Balaban J connectivity index is 2.15. The molecule has 0 radical (unpaired) electrons. The van der Waals surface area contributed by atoms with Gasteiger partial charge < -0.3 is 5.32 Å². The lowest BCUT2D eigenvalue weighted by molar-refractivity contribution is 0.102. The van der Waals surface area contributed by atoms with Crippen molar-refractivity contribution >= 4 is 23.4 Å². The van der Waals surface area contributed by atoms with E-state index < -0.39 is 0 Å². The maximum Gasteiger partial charge on any atom is 0.255 e. The van der Waals surface area contributed by atoms with E-state index in [0.717, 1.165) is 21.9 Å². The van der Waals surface area contributed by atoms with Crippen LogP contribution in [0, 0.1) is 6.92 Å². The van der Waals surface area contributed by atoms with E-state index in [0.29, 0.717) is 5.56 Å². The second kappa shape index (κ2) is 6.96. The predicted molar refractivity (Wildman–Crippen MR) is 86.5 cm³/mol. The molecule has 0 aromatic heterocycles. The Labute approximate surface area is 123 Å². The van der Waals surface area contributed by atoms with Crippen molar-refractivity contribution in [3.63, 3.8) is 0 Å². The zero-order valence-electron chi connectivity index (χ0n) is 11.4. The molecule has 0 saturated heterocycles. The van der Waals surface area contributed by atoms with Crippen LogP contribution in [-0.4, -0.2) is 11.7 Å². The van der Waals surface area contributed by atoms with E-state index in [1.165, 1.54) is 0 Å². The normalized spacial score (nSPS) is 10.1. The van der Waals surface area contributed by atoms with E-state index in [4.69, 9.17) is 0 Å². The highest BCUT2D eigenvalue weighted by Crippen LogP contribution is 2.27. The number of anilines is 1. The van der Waals surface area contributed by atoms with Crippen LogP contribution < -0.4 is 5.32 Å². The molecular formula is C17H17NOS. The van der Waals surface area contributed by atoms with Crippen molar-refractivity contribution < 1.29 is 4.79 Å². The number of benzene rings is 2. The largest absolute Gasteiger partial charge is 0.321 e. The van der Waals surface area contributed by atoms with E-state index in [-0.39, 0.29) is 5.91 Å². The van der Waals surface area contributed by atoms with Gasteiger partial charge in [-0.15, -0.1) is 18.3 Å². The smallest absolute Gasteiger partial charge is 0.255 e. The maximum atomic E-state index is 12.2. The molecule has 0 atom stereocenters. The van der Waals surface area contributed by atoms with Crippen molar-refractivity contribution in [1.29, 1.82) is 0 Å². The Bertz CT molecular complexity index is 605. The van der Waals surface area contributed by atoms with Gasteiger partial charge in [0.1, 0.15) is 0 Å². The summed E-state index contributed by atoms with van der Waals surface area (Å²) in [6.45, 7) is 5.72. The Morgan fingerprint density at radius 1 is 1.20 bits per heavy atom. The average molecular weight is 283 g/mol. The summed E-state index contributed by atoms with van der Waals surface area (Å²) >= 11 is 1.65. The lowest BCUT2D eigenvalue weighted by atomic mass is 10.1. The van der Waals surface area contributed by atoms with Gasteiger partial charge in [-0.05, 0) is 31.2 Å². The van der Waals surface area contributed by atoms with Crippen LogP contribution in [0.1, 0.15) is 15.9 Å². The summed E-state index contributed by atoms with van der Waals surface area (Å²) in [6.07, 6.45) is 1.85. The lowest BCUT2D eigenvalue weighted by Gasteiger charge is -2.10. The van der Waals surface area contributed by atoms with Gasteiger partial charge in [0.15, 0.2) is 0 Å². The van der Waals surface area contributed by atoms with Crippen LogP contribution in [0.2, 0.25) is 0 Å². The van der Waals surface area contributed by atoms with Crippen LogP contribution in [0.15, 0.2) is 66.1 Å². The number of amides is 1. The van der Waals surface area contributed by atoms with Crippen molar-refractivity contribution in [1.82, 2.24) is 0 Å². The first-order valence-corrected chi connectivity index (χ1v) is 7.40. The standard InChI is InChI=1S/C17H17NOS/c1-3-12-20-16-7-5-4-6-15(16)18-17(19)14-10-8-13(2)9-11-14/h3-11H,1,12H2,2H3,(H,18,19). The first kappa shape index (κ1) is 14.4. The topological polar surface area (TPSA) is 29.1 Å². The third kappa shape index (κ3) is 3.75. The van der Waals surface area contributed by atoms with Gasteiger partial charge in [-0.3, -0.25) is 4.79 Å². The van der Waals surface area contributed by atoms with Gasteiger partial charge in [0.25, 0.3) is 5.91 Å². The van der Waals surface area contributed by atoms with E-state index in [9.17, 15) is 4.79 Å². The van der Waals surface area contributed by atoms with E-state index >= 15 is 0 Å². The highest BCUT2D eigenvalue weighted by atomic mass is 32.2. The molecule has 102 valence electrons. The van der Waals surface area contributed by atoms with Crippen LogP contribution in [0.5, 0.6) is 0 Å². The number of hydrogen-bond acceptors (Lipinski definition) is 2. The third-order valence-corrected chi connectivity index (χ3v) is 3.88. The molecule has 0 bridgehead atoms. The molecule has 0 aliphatic carbocycles. The van der Waals surface area contributed by atoms with Gasteiger partial charge in [-0.2, -0.15) is 0 Å². The van der Waals surface area contributed by atoms with Crippen LogP contribution >= 0.6 is 11.8 Å². The monoisotopic (exact) mass is 283 g/mol. The fourth-order valence-electron chi connectivity index (χ4n) is 1.74. The first-order valence-electron chi connectivity index (χ1n) is 6.41. The van der Waals surface area contributed by atoms with Gasteiger partial charge in [0.05, 0.1) is 5.69 Å². The number of hydrogen-bond donors (Lipinski definition) is 1. The number of nitrogens with one attached hydrogen (secondary N) is 1. The highest BCUT2D eigenvalue weighted by molar-refractivity contribution is 7.99. The molecule has 2 nitrogen and oxygen atoms in total. The molecular weight excluding hydrogens is 266 g/mol. The Morgan fingerprint density at radius 2 is 1.90 bits per heavy atom. The minimum Gasteiger partial charge on any atom is -0.321 e. The summed E-state index contributed by atoms with van der Waals surface area (Å²) in [6, 6.07) is 15.3. The van der Waals surface area contributed by atoms with Crippen molar-refractivity contribution in [2.75, 3.05) is 11.1 Å². The molecule has 0 fully saturated rings. The molecule has 0 aliphatic rings. The highest BCUT2D eigenvalue weighted by Gasteiger charge is 2.08. The van der Waals surface area contributed by atoms with Crippen LogP contribution in [0.4, 0.5) is 5.69 Å². The van der Waals surface area contributed by atoms with E-state index in [2.05, 4.69) is 11.9 Å². The summed E-state index contributed by atoms with van der Waals surface area (Å²) in [7, 11) is 0. The Hall–Kier alpha value is -2.00.